The van der Waals surface area contributed by atoms with Crippen LogP contribution in [-0.2, 0) is 31.0 Å². The molecule has 1 heterocycles. The number of rotatable bonds is 7. The third kappa shape index (κ3) is 5.58. The van der Waals surface area contributed by atoms with Crippen LogP contribution in [0.15, 0.2) is 72.8 Å². The molecule has 0 aliphatic carbocycles. The molecule has 0 radical (unpaired) electrons. The molecule has 0 bridgehead atoms. The Morgan fingerprint density at radius 2 is 1.68 bits per heavy atom. The molecule has 1 aliphatic heterocycles. The molecule has 3 aromatic carbocycles. The van der Waals surface area contributed by atoms with E-state index in [0.29, 0.717) is 26.2 Å². The quantitative estimate of drug-likeness (QED) is 0.632. The van der Waals surface area contributed by atoms with Crippen molar-refractivity contribution in [3.8, 4) is 5.75 Å². The molecular formula is C26H26N2O3. The van der Waals surface area contributed by atoms with Crippen LogP contribution in [0.1, 0.15) is 39.5 Å². The summed E-state index contributed by atoms with van der Waals surface area (Å²) in [4.78, 5) is 26.0. The lowest BCUT2D eigenvalue weighted by molar-refractivity contribution is -0.119. The second-order valence-corrected chi connectivity index (χ2v) is 7.89. The molecule has 0 fully saturated rings. The molecule has 4 rings (SSSR count). The highest BCUT2D eigenvalue weighted by atomic mass is 16.5. The number of ether oxygens (including phenoxy) is 1. The predicted molar refractivity (Wildman–Crippen MR) is 120 cm³/mol. The molecule has 0 aromatic heterocycles. The van der Waals surface area contributed by atoms with Crippen molar-refractivity contribution in [1.82, 2.24) is 10.2 Å². The van der Waals surface area contributed by atoms with E-state index in [1.54, 1.807) is 0 Å². The Morgan fingerprint density at radius 3 is 2.42 bits per heavy atom. The van der Waals surface area contributed by atoms with Gasteiger partial charge in [-0.3, -0.25) is 14.5 Å². The summed E-state index contributed by atoms with van der Waals surface area (Å²) in [5.41, 5.74) is 5.09. The van der Waals surface area contributed by atoms with Gasteiger partial charge in [0.1, 0.15) is 12.4 Å². The number of carbonyl (C=O) groups excluding carboxylic acids is 2. The number of carbonyl (C=O) groups is 2. The van der Waals surface area contributed by atoms with Crippen molar-refractivity contribution >= 4 is 11.7 Å². The van der Waals surface area contributed by atoms with E-state index in [1.807, 2.05) is 60.7 Å². The number of fused-ring (bicyclic) bond motifs is 1. The van der Waals surface area contributed by atoms with Gasteiger partial charge in [-0.05, 0) is 34.4 Å². The summed E-state index contributed by atoms with van der Waals surface area (Å²) in [5.74, 6) is 0.802. The first-order valence-electron chi connectivity index (χ1n) is 10.4. The first-order chi connectivity index (χ1) is 15.1. The topological polar surface area (TPSA) is 58.6 Å². The molecule has 0 unspecified atom stereocenters. The zero-order valence-electron chi connectivity index (χ0n) is 17.6. The molecule has 0 atom stereocenters. The lowest BCUT2D eigenvalue weighted by Gasteiger charge is -2.28. The largest absolute Gasteiger partial charge is 0.489 e. The van der Waals surface area contributed by atoms with E-state index >= 15 is 0 Å². The number of hydrogen-bond acceptors (Lipinski definition) is 4. The van der Waals surface area contributed by atoms with Gasteiger partial charge in [-0.1, -0.05) is 60.7 Å². The molecule has 1 amide bonds. The molecule has 0 saturated carbocycles. The summed E-state index contributed by atoms with van der Waals surface area (Å²) in [7, 11) is 0. The van der Waals surface area contributed by atoms with E-state index in [1.165, 1.54) is 6.92 Å². The van der Waals surface area contributed by atoms with Crippen LogP contribution in [0.5, 0.6) is 5.75 Å². The van der Waals surface area contributed by atoms with Crippen molar-refractivity contribution in [3.63, 3.8) is 0 Å². The van der Waals surface area contributed by atoms with Crippen molar-refractivity contribution in [2.24, 2.45) is 0 Å². The molecule has 1 N–H and O–H groups in total. The average molecular weight is 415 g/mol. The highest BCUT2D eigenvalue weighted by Crippen LogP contribution is 2.25. The summed E-state index contributed by atoms with van der Waals surface area (Å²) in [6.45, 7) is 4.35. The normalized spacial score (nSPS) is 13.5. The predicted octanol–water partition coefficient (Wildman–Crippen LogP) is 4.10. The summed E-state index contributed by atoms with van der Waals surface area (Å²) in [6, 6.07) is 23.9. The first kappa shape index (κ1) is 20.8. The third-order valence-electron chi connectivity index (χ3n) is 5.36. The number of Topliss-reactive ketones (excluding diaryl/α,β-unsaturated/α-hetero) is 1. The van der Waals surface area contributed by atoms with Crippen molar-refractivity contribution in [1.29, 1.82) is 0 Å². The molecule has 0 saturated heterocycles. The van der Waals surface area contributed by atoms with Gasteiger partial charge in [-0.25, -0.2) is 0 Å². The maximum Gasteiger partial charge on any atom is 0.217 e. The number of nitrogens with zero attached hydrogens (tertiary/aromatic N) is 1. The minimum absolute atomic E-state index is 0.0387. The highest BCUT2D eigenvalue weighted by Gasteiger charge is 2.23. The standard InChI is InChI=1S/C26H26N2O3/c1-19(29)27-14-20-7-9-21(10-8-20)15-28-16-23-11-12-24(13-25(23)26(30)17-28)31-18-22-5-3-2-4-6-22/h2-13H,14-18H2,1H3,(H,27,29). The average Bonchev–Trinajstić information content (AvgIpc) is 2.78. The fourth-order valence-electron chi connectivity index (χ4n) is 3.73. The second-order valence-electron chi connectivity index (χ2n) is 7.89. The SMILES string of the molecule is CC(=O)NCc1ccc(CN2CC(=O)c3cc(OCc4ccccc4)ccc3C2)cc1. The number of ketones is 1. The van der Waals surface area contributed by atoms with Gasteiger partial charge in [0.25, 0.3) is 0 Å². The van der Waals surface area contributed by atoms with E-state index in [2.05, 4.69) is 22.3 Å². The minimum atomic E-state index is -0.0387. The number of amides is 1. The Bertz CT molecular complexity index is 1060. The first-order valence-corrected chi connectivity index (χ1v) is 10.4. The minimum Gasteiger partial charge on any atom is -0.489 e. The molecule has 0 spiro atoms. The number of nitrogens with one attached hydrogen (secondary N) is 1. The van der Waals surface area contributed by atoms with Crippen molar-refractivity contribution < 1.29 is 14.3 Å². The van der Waals surface area contributed by atoms with Crippen LogP contribution in [0.3, 0.4) is 0 Å². The van der Waals surface area contributed by atoms with Gasteiger partial charge < -0.3 is 10.1 Å². The van der Waals surface area contributed by atoms with Crippen LogP contribution in [0.25, 0.3) is 0 Å². The monoisotopic (exact) mass is 414 g/mol. The molecule has 5 nitrogen and oxygen atoms in total. The number of benzene rings is 3. The maximum absolute atomic E-state index is 12.8. The summed E-state index contributed by atoms with van der Waals surface area (Å²) >= 11 is 0. The van der Waals surface area contributed by atoms with Gasteiger partial charge in [0.15, 0.2) is 5.78 Å². The van der Waals surface area contributed by atoms with E-state index in [9.17, 15) is 9.59 Å². The molecule has 158 valence electrons. The second kappa shape index (κ2) is 9.58. The molecule has 5 heteroatoms. The lowest BCUT2D eigenvalue weighted by Crippen LogP contribution is -2.34. The molecule has 3 aromatic rings. The van der Waals surface area contributed by atoms with Crippen LogP contribution in [0, 0.1) is 0 Å². The Labute approximate surface area is 182 Å². The third-order valence-corrected chi connectivity index (χ3v) is 5.36. The van der Waals surface area contributed by atoms with Crippen LogP contribution in [-0.4, -0.2) is 23.1 Å². The van der Waals surface area contributed by atoms with Gasteiger partial charge >= 0.3 is 0 Å². The molecule has 1 aliphatic rings. The van der Waals surface area contributed by atoms with Gasteiger partial charge in [-0.2, -0.15) is 0 Å². The Morgan fingerprint density at radius 1 is 0.935 bits per heavy atom. The van der Waals surface area contributed by atoms with Crippen molar-refractivity contribution in [3.05, 3.63) is 101 Å². The summed E-state index contributed by atoms with van der Waals surface area (Å²) in [6.07, 6.45) is 0. The Hall–Kier alpha value is -3.44. The van der Waals surface area contributed by atoms with E-state index in [4.69, 9.17) is 4.74 Å². The van der Waals surface area contributed by atoms with Crippen LogP contribution < -0.4 is 10.1 Å². The fraction of sp³-hybridized carbons (Fsp3) is 0.231. The zero-order valence-corrected chi connectivity index (χ0v) is 17.6. The molecular weight excluding hydrogens is 388 g/mol. The van der Waals surface area contributed by atoms with E-state index < -0.39 is 0 Å². The smallest absolute Gasteiger partial charge is 0.217 e. The van der Waals surface area contributed by atoms with E-state index in [-0.39, 0.29) is 11.7 Å². The van der Waals surface area contributed by atoms with Gasteiger partial charge in [-0.15, -0.1) is 0 Å². The summed E-state index contributed by atoms with van der Waals surface area (Å²) in [5, 5.41) is 2.80. The van der Waals surface area contributed by atoms with Gasteiger partial charge in [0.2, 0.25) is 5.91 Å². The Balaban J connectivity index is 1.37. The van der Waals surface area contributed by atoms with Gasteiger partial charge in [0, 0.05) is 32.1 Å². The maximum atomic E-state index is 12.8. The molecule has 31 heavy (non-hydrogen) atoms. The Kier molecular flexibility index (Phi) is 6.43. The fourth-order valence-corrected chi connectivity index (χ4v) is 3.73. The lowest BCUT2D eigenvalue weighted by atomic mass is 9.97. The van der Waals surface area contributed by atoms with Crippen LogP contribution >= 0.6 is 0 Å². The van der Waals surface area contributed by atoms with Crippen LogP contribution in [0.4, 0.5) is 0 Å². The highest BCUT2D eigenvalue weighted by molar-refractivity contribution is 6.00. The van der Waals surface area contributed by atoms with E-state index in [0.717, 1.165) is 40.1 Å². The zero-order chi connectivity index (χ0) is 21.6. The summed E-state index contributed by atoms with van der Waals surface area (Å²) < 4.78 is 5.88. The van der Waals surface area contributed by atoms with Crippen LogP contribution in [0.2, 0.25) is 0 Å². The van der Waals surface area contributed by atoms with Crippen molar-refractivity contribution in [2.75, 3.05) is 6.54 Å². The van der Waals surface area contributed by atoms with Crippen molar-refractivity contribution in [2.45, 2.75) is 33.2 Å². The number of hydrogen-bond donors (Lipinski definition) is 1. The van der Waals surface area contributed by atoms with Gasteiger partial charge in [0.05, 0.1) is 6.54 Å².